The maximum atomic E-state index is 12.7. The fourth-order valence-electron chi connectivity index (χ4n) is 1.71. The van der Waals surface area contributed by atoms with Crippen molar-refractivity contribution in [3.8, 4) is 0 Å². The zero-order valence-corrected chi connectivity index (χ0v) is 10.1. The zero-order valence-electron chi connectivity index (χ0n) is 10.1. The molecule has 0 saturated carbocycles. The van der Waals surface area contributed by atoms with Crippen molar-refractivity contribution >= 4 is 5.69 Å². The van der Waals surface area contributed by atoms with Crippen molar-refractivity contribution in [1.82, 2.24) is 0 Å². The molecule has 2 nitrogen and oxygen atoms in total. The van der Waals surface area contributed by atoms with Crippen LogP contribution in [-0.4, -0.2) is 19.6 Å². The summed E-state index contributed by atoms with van der Waals surface area (Å²) in [6.45, 7) is 2.97. The Labute approximate surface area is 97.3 Å². The Morgan fingerprint density at radius 1 is 1.31 bits per heavy atom. The predicted octanol–water partition coefficient (Wildman–Crippen LogP) is 2.78. The summed E-state index contributed by atoms with van der Waals surface area (Å²) in [5, 5.41) is 0. The Hall–Kier alpha value is -1.09. The van der Waals surface area contributed by atoms with E-state index in [2.05, 4.69) is 11.8 Å². The van der Waals surface area contributed by atoms with E-state index in [4.69, 9.17) is 5.73 Å². The maximum Gasteiger partial charge on any atom is 0.123 e. The third-order valence-corrected chi connectivity index (χ3v) is 2.70. The van der Waals surface area contributed by atoms with Crippen molar-refractivity contribution in [2.45, 2.75) is 32.2 Å². The minimum atomic E-state index is -0.201. The van der Waals surface area contributed by atoms with Gasteiger partial charge in [0.25, 0.3) is 0 Å². The van der Waals surface area contributed by atoms with Gasteiger partial charge in [-0.25, -0.2) is 4.39 Å². The summed E-state index contributed by atoms with van der Waals surface area (Å²) in [5.74, 6) is -0.201. The van der Waals surface area contributed by atoms with Gasteiger partial charge in [-0.15, -0.1) is 0 Å². The van der Waals surface area contributed by atoms with Crippen LogP contribution in [0.15, 0.2) is 24.3 Å². The van der Waals surface area contributed by atoms with Gasteiger partial charge in [-0.3, -0.25) is 0 Å². The first kappa shape index (κ1) is 13.0. The molecule has 1 rings (SSSR count). The number of likely N-dealkylation sites (N-methyl/N-ethyl adjacent to an activating group) is 1. The third kappa shape index (κ3) is 4.19. The summed E-state index contributed by atoms with van der Waals surface area (Å²) in [6.07, 6.45) is 3.38. The van der Waals surface area contributed by atoms with Crippen LogP contribution in [0.3, 0.4) is 0 Å². The van der Waals surface area contributed by atoms with Crippen LogP contribution in [0.2, 0.25) is 0 Å². The molecule has 0 bridgehead atoms. The van der Waals surface area contributed by atoms with E-state index in [-0.39, 0.29) is 11.9 Å². The normalized spacial score (nSPS) is 12.5. The van der Waals surface area contributed by atoms with Gasteiger partial charge in [-0.05, 0) is 30.7 Å². The molecule has 0 fully saturated rings. The number of rotatable bonds is 6. The summed E-state index contributed by atoms with van der Waals surface area (Å²) in [5.41, 5.74) is 7.02. The Kier molecular flexibility index (Phi) is 5.26. The highest BCUT2D eigenvalue weighted by Crippen LogP contribution is 2.13. The molecule has 3 heteroatoms. The molecule has 1 aromatic carbocycles. The maximum absolute atomic E-state index is 12.7. The number of nitrogens with zero attached hydrogens (tertiary/aromatic N) is 1. The second kappa shape index (κ2) is 6.48. The summed E-state index contributed by atoms with van der Waals surface area (Å²) >= 11 is 0. The first-order valence-corrected chi connectivity index (χ1v) is 5.85. The molecule has 1 aromatic rings. The van der Waals surface area contributed by atoms with Crippen LogP contribution < -0.4 is 10.6 Å². The van der Waals surface area contributed by atoms with E-state index in [0.29, 0.717) is 0 Å². The summed E-state index contributed by atoms with van der Waals surface area (Å²) in [6, 6.07) is 6.70. The second-order valence-electron chi connectivity index (χ2n) is 4.26. The molecule has 0 aliphatic heterocycles. The number of hydrogen-bond donors (Lipinski definition) is 1. The SMILES string of the molecule is CCCCC(N)CN(C)c1ccc(F)cc1. The fraction of sp³-hybridized carbons (Fsp3) is 0.538. The lowest BCUT2D eigenvalue weighted by Gasteiger charge is -2.23. The molecule has 2 N–H and O–H groups in total. The Balaban J connectivity index is 2.45. The van der Waals surface area contributed by atoms with Gasteiger partial charge in [0.2, 0.25) is 0 Å². The molecule has 0 radical (unpaired) electrons. The quantitative estimate of drug-likeness (QED) is 0.805. The molecule has 0 saturated heterocycles. The van der Waals surface area contributed by atoms with Gasteiger partial charge in [0, 0.05) is 25.3 Å². The molecule has 0 amide bonds. The van der Waals surface area contributed by atoms with Crippen LogP contribution in [-0.2, 0) is 0 Å². The number of hydrogen-bond acceptors (Lipinski definition) is 2. The molecule has 90 valence electrons. The molecule has 1 unspecified atom stereocenters. The Morgan fingerprint density at radius 3 is 2.50 bits per heavy atom. The minimum Gasteiger partial charge on any atom is -0.373 e. The van der Waals surface area contributed by atoms with Crippen molar-refractivity contribution in [1.29, 1.82) is 0 Å². The van der Waals surface area contributed by atoms with Crippen LogP contribution in [0, 0.1) is 5.82 Å². The van der Waals surface area contributed by atoms with Gasteiger partial charge < -0.3 is 10.6 Å². The van der Waals surface area contributed by atoms with Gasteiger partial charge in [0.05, 0.1) is 0 Å². The highest BCUT2D eigenvalue weighted by Gasteiger charge is 2.07. The number of unbranched alkanes of at least 4 members (excludes halogenated alkanes) is 1. The average molecular weight is 224 g/mol. The van der Waals surface area contributed by atoms with Crippen molar-refractivity contribution in [2.75, 3.05) is 18.5 Å². The first-order valence-electron chi connectivity index (χ1n) is 5.85. The number of nitrogens with two attached hydrogens (primary N) is 1. The molecule has 0 spiro atoms. The van der Waals surface area contributed by atoms with Gasteiger partial charge >= 0.3 is 0 Å². The largest absolute Gasteiger partial charge is 0.373 e. The molecule has 1 atom stereocenters. The van der Waals surface area contributed by atoms with E-state index in [0.717, 1.165) is 18.7 Å². The second-order valence-corrected chi connectivity index (χ2v) is 4.26. The molecule has 0 aliphatic rings. The van der Waals surface area contributed by atoms with Crippen LogP contribution in [0.25, 0.3) is 0 Å². The standard InChI is InChI=1S/C13H21FN2/c1-3-4-5-12(15)10-16(2)13-8-6-11(14)7-9-13/h6-9,12H,3-5,10,15H2,1-2H3. The van der Waals surface area contributed by atoms with Crippen LogP contribution >= 0.6 is 0 Å². The molecule has 0 aliphatic carbocycles. The Morgan fingerprint density at radius 2 is 1.94 bits per heavy atom. The van der Waals surface area contributed by atoms with Gasteiger partial charge in [0.1, 0.15) is 5.82 Å². The molecule has 0 heterocycles. The lowest BCUT2D eigenvalue weighted by Crippen LogP contribution is -2.35. The summed E-state index contributed by atoms with van der Waals surface area (Å²) < 4.78 is 12.7. The van der Waals surface area contributed by atoms with E-state index in [1.165, 1.54) is 25.0 Å². The number of benzene rings is 1. The first-order chi connectivity index (χ1) is 7.63. The topological polar surface area (TPSA) is 29.3 Å². The highest BCUT2D eigenvalue weighted by atomic mass is 19.1. The van der Waals surface area contributed by atoms with E-state index in [1.54, 1.807) is 12.1 Å². The minimum absolute atomic E-state index is 0.190. The number of anilines is 1. The summed E-state index contributed by atoms with van der Waals surface area (Å²) in [7, 11) is 1.99. The highest BCUT2D eigenvalue weighted by molar-refractivity contribution is 5.45. The average Bonchev–Trinajstić information content (AvgIpc) is 2.27. The van der Waals surface area contributed by atoms with Crippen LogP contribution in [0.5, 0.6) is 0 Å². The third-order valence-electron chi connectivity index (χ3n) is 2.70. The van der Waals surface area contributed by atoms with E-state index >= 15 is 0 Å². The van der Waals surface area contributed by atoms with Gasteiger partial charge in [-0.1, -0.05) is 19.8 Å². The van der Waals surface area contributed by atoms with Crippen LogP contribution in [0.4, 0.5) is 10.1 Å². The lowest BCUT2D eigenvalue weighted by molar-refractivity contribution is 0.572. The lowest BCUT2D eigenvalue weighted by atomic mass is 10.1. The molecular weight excluding hydrogens is 203 g/mol. The summed E-state index contributed by atoms with van der Waals surface area (Å²) in [4.78, 5) is 2.07. The van der Waals surface area contributed by atoms with E-state index < -0.39 is 0 Å². The smallest absolute Gasteiger partial charge is 0.123 e. The van der Waals surface area contributed by atoms with Crippen LogP contribution in [0.1, 0.15) is 26.2 Å². The zero-order chi connectivity index (χ0) is 12.0. The molecule has 0 aromatic heterocycles. The molecule has 16 heavy (non-hydrogen) atoms. The predicted molar refractivity (Wildman–Crippen MR) is 67.2 cm³/mol. The molecular formula is C13H21FN2. The number of halogens is 1. The van der Waals surface area contributed by atoms with Crippen molar-refractivity contribution in [2.24, 2.45) is 5.73 Å². The van der Waals surface area contributed by atoms with Gasteiger partial charge in [-0.2, -0.15) is 0 Å². The van der Waals surface area contributed by atoms with E-state index in [9.17, 15) is 4.39 Å². The van der Waals surface area contributed by atoms with Crippen molar-refractivity contribution in [3.63, 3.8) is 0 Å². The van der Waals surface area contributed by atoms with Crippen molar-refractivity contribution in [3.05, 3.63) is 30.1 Å². The van der Waals surface area contributed by atoms with Crippen molar-refractivity contribution < 1.29 is 4.39 Å². The Bertz CT molecular complexity index is 297. The fourth-order valence-corrected chi connectivity index (χ4v) is 1.71. The van der Waals surface area contributed by atoms with E-state index in [1.807, 2.05) is 7.05 Å². The van der Waals surface area contributed by atoms with Gasteiger partial charge in [0.15, 0.2) is 0 Å². The monoisotopic (exact) mass is 224 g/mol.